The zero-order valence-electron chi connectivity index (χ0n) is 15.7. The molecule has 134 valence electrons. The van der Waals surface area contributed by atoms with E-state index in [-0.39, 0.29) is 12.0 Å². The second-order valence-electron chi connectivity index (χ2n) is 6.81. The van der Waals surface area contributed by atoms with E-state index in [0.29, 0.717) is 12.2 Å². The van der Waals surface area contributed by atoms with E-state index in [2.05, 4.69) is 60.4 Å². The molecule has 1 aliphatic heterocycles. The molecular weight excluding hydrogens is 288 g/mol. The van der Waals surface area contributed by atoms with Gasteiger partial charge in [-0.2, -0.15) is 4.91 Å². The van der Waals surface area contributed by atoms with Crippen LogP contribution < -0.4 is 5.32 Å². The predicted octanol–water partition coefficient (Wildman–Crippen LogP) is 3.42. The van der Waals surface area contributed by atoms with Crippen LogP contribution in [0.3, 0.4) is 0 Å². The van der Waals surface area contributed by atoms with Gasteiger partial charge in [0.25, 0.3) is 0 Å². The van der Waals surface area contributed by atoms with Gasteiger partial charge in [0.15, 0.2) is 0 Å². The normalized spacial score (nSPS) is 24.9. The highest BCUT2D eigenvalue weighted by atomic mass is 16.3. The molecule has 1 heterocycles. The van der Waals surface area contributed by atoms with Crippen molar-refractivity contribution in [1.82, 2.24) is 15.1 Å². The Balaban J connectivity index is 2.27. The summed E-state index contributed by atoms with van der Waals surface area (Å²) in [6.07, 6.45) is 9.35. The van der Waals surface area contributed by atoms with Gasteiger partial charge in [0, 0.05) is 31.6 Å². The highest BCUT2D eigenvalue weighted by Crippen LogP contribution is 2.15. The minimum absolute atomic E-state index is 0.0997. The summed E-state index contributed by atoms with van der Waals surface area (Å²) < 4.78 is 0. The lowest BCUT2D eigenvalue weighted by molar-refractivity contribution is 0.235. The molecule has 5 heteroatoms. The van der Waals surface area contributed by atoms with Crippen molar-refractivity contribution in [2.45, 2.75) is 71.6 Å². The molecule has 0 aromatic heterocycles. The van der Waals surface area contributed by atoms with Crippen LogP contribution in [-0.2, 0) is 0 Å². The molecule has 0 aromatic rings. The molecule has 5 nitrogen and oxygen atoms in total. The number of rotatable bonds is 11. The Labute approximate surface area is 142 Å². The number of nitroso groups, excluding NO2 is 1. The third-order valence-corrected chi connectivity index (χ3v) is 5.24. The number of nitrogens with zero attached hydrogens (tertiary/aromatic N) is 3. The monoisotopic (exact) mass is 324 g/mol. The van der Waals surface area contributed by atoms with Crippen molar-refractivity contribution in [3.05, 3.63) is 17.2 Å². The maximum Gasteiger partial charge on any atom is 0.0977 e. The minimum atomic E-state index is -0.0997. The summed E-state index contributed by atoms with van der Waals surface area (Å²) in [6.45, 7) is 11.7. The van der Waals surface area contributed by atoms with E-state index in [1.165, 1.54) is 19.3 Å². The van der Waals surface area contributed by atoms with Gasteiger partial charge in [-0.05, 0) is 46.4 Å². The molecular formula is C18H36N4O. The van der Waals surface area contributed by atoms with Crippen LogP contribution in [0.4, 0.5) is 0 Å². The number of nitrogens with one attached hydrogen (secondary N) is 1. The summed E-state index contributed by atoms with van der Waals surface area (Å²) in [7, 11) is 2.21. The molecule has 1 fully saturated rings. The fourth-order valence-electron chi connectivity index (χ4n) is 3.18. The zero-order valence-corrected chi connectivity index (χ0v) is 15.7. The van der Waals surface area contributed by atoms with Gasteiger partial charge in [-0.3, -0.25) is 4.90 Å². The van der Waals surface area contributed by atoms with Gasteiger partial charge < -0.3 is 10.2 Å². The van der Waals surface area contributed by atoms with Gasteiger partial charge >= 0.3 is 0 Å². The van der Waals surface area contributed by atoms with E-state index in [1.54, 1.807) is 0 Å². The van der Waals surface area contributed by atoms with Crippen molar-refractivity contribution in [2.75, 3.05) is 26.7 Å². The minimum Gasteiger partial charge on any atom is -0.378 e. The van der Waals surface area contributed by atoms with Crippen molar-refractivity contribution >= 4 is 0 Å². The average molecular weight is 325 g/mol. The quantitative estimate of drug-likeness (QED) is 0.467. The summed E-state index contributed by atoms with van der Waals surface area (Å²) in [6, 6.07) is 0.581. The van der Waals surface area contributed by atoms with E-state index in [1.807, 2.05) is 6.92 Å². The van der Waals surface area contributed by atoms with Crippen LogP contribution in [0.1, 0.15) is 53.4 Å². The van der Waals surface area contributed by atoms with Gasteiger partial charge in [0.1, 0.15) is 0 Å². The SMILES string of the molecule is CC[C@@H](N=O)[C@@H](C)/C=C/N(CC)CCCCC1CN[C@H](C)N1C. The second kappa shape index (κ2) is 10.8. The summed E-state index contributed by atoms with van der Waals surface area (Å²) in [4.78, 5) is 15.6. The summed E-state index contributed by atoms with van der Waals surface area (Å²) in [5.41, 5.74) is 0. The molecule has 0 saturated carbocycles. The molecule has 0 amide bonds. The topological polar surface area (TPSA) is 47.9 Å². The first-order valence-corrected chi connectivity index (χ1v) is 9.23. The van der Waals surface area contributed by atoms with Crippen LogP contribution in [0, 0.1) is 10.8 Å². The van der Waals surface area contributed by atoms with Gasteiger partial charge in [0.05, 0.1) is 12.2 Å². The molecule has 1 saturated heterocycles. The van der Waals surface area contributed by atoms with Gasteiger partial charge in [-0.1, -0.05) is 31.5 Å². The lowest BCUT2D eigenvalue weighted by Gasteiger charge is -2.23. The van der Waals surface area contributed by atoms with E-state index < -0.39 is 0 Å². The maximum absolute atomic E-state index is 10.8. The van der Waals surface area contributed by atoms with E-state index in [4.69, 9.17) is 0 Å². The average Bonchev–Trinajstić information content (AvgIpc) is 2.87. The zero-order chi connectivity index (χ0) is 17.2. The van der Waals surface area contributed by atoms with Crippen molar-refractivity contribution in [1.29, 1.82) is 0 Å². The van der Waals surface area contributed by atoms with Crippen LogP contribution >= 0.6 is 0 Å². The molecule has 1 rings (SSSR count). The Kier molecular flexibility index (Phi) is 9.41. The second-order valence-corrected chi connectivity index (χ2v) is 6.81. The third kappa shape index (κ3) is 6.60. The first-order valence-electron chi connectivity index (χ1n) is 9.23. The van der Waals surface area contributed by atoms with Gasteiger partial charge in [0.2, 0.25) is 0 Å². The first-order chi connectivity index (χ1) is 11.0. The molecule has 4 atom stereocenters. The Morgan fingerprint density at radius 2 is 2.13 bits per heavy atom. The Morgan fingerprint density at radius 3 is 2.65 bits per heavy atom. The molecule has 0 spiro atoms. The van der Waals surface area contributed by atoms with Crippen LogP contribution in [-0.4, -0.2) is 54.7 Å². The Hall–Kier alpha value is -0.940. The number of likely N-dealkylation sites (N-methyl/N-ethyl adjacent to an activating group) is 1. The van der Waals surface area contributed by atoms with Gasteiger partial charge in [-0.15, -0.1) is 0 Å². The van der Waals surface area contributed by atoms with E-state index in [9.17, 15) is 4.91 Å². The highest BCUT2D eigenvalue weighted by molar-refractivity contribution is 4.92. The molecule has 0 aliphatic carbocycles. The maximum atomic E-state index is 10.8. The van der Waals surface area contributed by atoms with E-state index >= 15 is 0 Å². The molecule has 0 bridgehead atoms. The van der Waals surface area contributed by atoms with Crippen molar-refractivity contribution in [3.8, 4) is 0 Å². The smallest absolute Gasteiger partial charge is 0.0977 e. The van der Waals surface area contributed by atoms with Crippen molar-refractivity contribution in [3.63, 3.8) is 0 Å². The fraction of sp³-hybridized carbons (Fsp3) is 0.889. The molecule has 23 heavy (non-hydrogen) atoms. The fourth-order valence-corrected chi connectivity index (χ4v) is 3.18. The number of unbranched alkanes of at least 4 members (excludes halogenated alkanes) is 1. The molecule has 1 unspecified atom stereocenters. The summed E-state index contributed by atoms with van der Waals surface area (Å²) in [5, 5.41) is 6.72. The molecule has 1 aliphatic rings. The first kappa shape index (κ1) is 20.1. The largest absolute Gasteiger partial charge is 0.378 e. The molecule has 1 N–H and O–H groups in total. The van der Waals surface area contributed by atoms with Crippen LogP contribution in [0.5, 0.6) is 0 Å². The van der Waals surface area contributed by atoms with Crippen LogP contribution in [0.2, 0.25) is 0 Å². The van der Waals surface area contributed by atoms with Gasteiger partial charge in [-0.25, -0.2) is 0 Å². The van der Waals surface area contributed by atoms with Crippen molar-refractivity contribution < 1.29 is 0 Å². The number of hydrogen-bond acceptors (Lipinski definition) is 5. The summed E-state index contributed by atoms with van der Waals surface area (Å²) in [5.74, 6) is 0.214. The van der Waals surface area contributed by atoms with Crippen LogP contribution in [0.15, 0.2) is 17.5 Å². The Morgan fingerprint density at radius 1 is 1.39 bits per heavy atom. The summed E-state index contributed by atoms with van der Waals surface area (Å²) >= 11 is 0. The lowest BCUT2D eigenvalue weighted by atomic mass is 10.0. The Bertz CT molecular complexity index is 361. The third-order valence-electron chi connectivity index (χ3n) is 5.24. The lowest BCUT2D eigenvalue weighted by Crippen LogP contribution is -2.33. The standard InChI is InChI=1S/C18H36N4O/c1-6-18(20-23)15(3)11-13-22(7-2)12-9-8-10-17-14-19-16(4)21(17)5/h11,13,15-19H,6-10,12,14H2,1-5H3/b13-11+/t15-,16-,17?,18+/m0/s1. The van der Waals surface area contributed by atoms with Crippen molar-refractivity contribution in [2.24, 2.45) is 11.1 Å². The molecule has 0 aromatic carbocycles. The number of hydrogen-bond donors (Lipinski definition) is 1. The molecule has 0 radical (unpaired) electrons. The highest BCUT2D eigenvalue weighted by Gasteiger charge is 2.25. The van der Waals surface area contributed by atoms with E-state index in [0.717, 1.165) is 26.1 Å². The van der Waals surface area contributed by atoms with Crippen LogP contribution in [0.25, 0.3) is 0 Å². The predicted molar refractivity (Wildman–Crippen MR) is 98.3 cm³/mol.